The van der Waals surface area contributed by atoms with Gasteiger partial charge in [-0.05, 0) is 45.1 Å². The third-order valence-electron chi connectivity index (χ3n) is 3.95. The van der Waals surface area contributed by atoms with Crippen LogP contribution in [0.4, 0.5) is 5.13 Å². The molecule has 4 nitrogen and oxygen atoms in total. The van der Waals surface area contributed by atoms with E-state index in [0.29, 0.717) is 6.42 Å². The van der Waals surface area contributed by atoms with Crippen LogP contribution in [0.1, 0.15) is 68.4 Å². The van der Waals surface area contributed by atoms with Gasteiger partial charge in [-0.1, -0.05) is 25.7 Å². The van der Waals surface area contributed by atoms with Crippen LogP contribution in [0.5, 0.6) is 0 Å². The molecule has 0 fully saturated rings. The average Bonchev–Trinajstić information content (AvgIpc) is 2.80. The fraction of sp³-hybridized carbons (Fsp3) is 0.750. The molecule has 0 aliphatic heterocycles. The quantitative estimate of drug-likeness (QED) is 0.732. The lowest BCUT2D eigenvalue weighted by Gasteiger charge is -2.06. The van der Waals surface area contributed by atoms with Gasteiger partial charge >= 0.3 is 0 Å². The van der Waals surface area contributed by atoms with Crippen LogP contribution in [0.3, 0.4) is 0 Å². The molecule has 0 spiro atoms. The molecule has 0 atom stereocenters. The molecule has 0 radical (unpaired) electrons. The predicted octanol–water partition coefficient (Wildman–Crippen LogP) is 4.07. The number of unbranched alkanes of at least 4 members (excludes halogenated alkanes) is 3. The first-order valence-electron chi connectivity index (χ1n) is 8.28. The van der Waals surface area contributed by atoms with Gasteiger partial charge in [-0.2, -0.15) is 0 Å². The average molecular weight is 346 g/mol. The summed E-state index contributed by atoms with van der Waals surface area (Å²) in [7, 11) is 0. The number of anilines is 1. The Bertz CT molecular complexity index is 425. The summed E-state index contributed by atoms with van der Waals surface area (Å²) < 4.78 is 0. The molecule has 0 unspecified atom stereocenters. The van der Waals surface area contributed by atoms with Crippen molar-refractivity contribution in [2.45, 2.75) is 70.6 Å². The number of thiazole rings is 1. The number of nitrogens with two attached hydrogens (primary N) is 1. The minimum absolute atomic E-state index is 0. The second-order valence-corrected chi connectivity index (χ2v) is 6.89. The molecule has 1 amide bonds. The van der Waals surface area contributed by atoms with E-state index in [-0.39, 0.29) is 18.3 Å². The third kappa shape index (κ3) is 6.63. The SMILES string of the molecule is Cl.NCCCCCCC(=O)Nc1nc2c(s1)CCCCCC2. The molecular weight excluding hydrogens is 318 g/mol. The maximum absolute atomic E-state index is 11.9. The Morgan fingerprint density at radius 2 is 1.82 bits per heavy atom. The molecule has 22 heavy (non-hydrogen) atoms. The van der Waals surface area contributed by atoms with E-state index in [9.17, 15) is 4.79 Å². The number of nitrogens with zero attached hydrogens (tertiary/aromatic N) is 1. The van der Waals surface area contributed by atoms with Gasteiger partial charge in [0.15, 0.2) is 5.13 Å². The molecule has 2 rings (SSSR count). The highest BCUT2D eigenvalue weighted by Crippen LogP contribution is 2.28. The number of carbonyl (C=O) groups excluding carboxylic acids is 1. The topological polar surface area (TPSA) is 68.0 Å². The smallest absolute Gasteiger partial charge is 0.226 e. The van der Waals surface area contributed by atoms with E-state index in [1.807, 2.05) is 0 Å². The first kappa shape index (κ1) is 19.4. The van der Waals surface area contributed by atoms with Crippen molar-refractivity contribution in [3.63, 3.8) is 0 Å². The first-order valence-corrected chi connectivity index (χ1v) is 9.09. The van der Waals surface area contributed by atoms with Gasteiger partial charge in [0, 0.05) is 11.3 Å². The van der Waals surface area contributed by atoms with Crippen molar-refractivity contribution in [1.82, 2.24) is 4.98 Å². The van der Waals surface area contributed by atoms with Gasteiger partial charge in [0.2, 0.25) is 5.91 Å². The number of hydrogen-bond donors (Lipinski definition) is 2. The molecule has 1 aromatic heterocycles. The highest BCUT2D eigenvalue weighted by Gasteiger charge is 2.14. The number of fused-ring (bicyclic) bond motifs is 1. The predicted molar refractivity (Wildman–Crippen MR) is 96.0 cm³/mol. The Morgan fingerprint density at radius 3 is 2.59 bits per heavy atom. The zero-order chi connectivity index (χ0) is 14.9. The Kier molecular flexibility index (Phi) is 9.68. The maximum atomic E-state index is 11.9. The van der Waals surface area contributed by atoms with Crippen LogP contribution >= 0.6 is 23.7 Å². The van der Waals surface area contributed by atoms with Crippen LogP contribution < -0.4 is 11.1 Å². The molecule has 1 aliphatic carbocycles. The molecule has 0 saturated heterocycles. The van der Waals surface area contributed by atoms with Crippen molar-refractivity contribution in [3.8, 4) is 0 Å². The number of halogens is 1. The highest BCUT2D eigenvalue weighted by molar-refractivity contribution is 7.15. The van der Waals surface area contributed by atoms with Crippen molar-refractivity contribution < 1.29 is 4.79 Å². The van der Waals surface area contributed by atoms with E-state index in [0.717, 1.165) is 50.2 Å². The van der Waals surface area contributed by atoms with Gasteiger partial charge in [-0.3, -0.25) is 4.79 Å². The number of aryl methyl sites for hydroxylation is 2. The highest BCUT2D eigenvalue weighted by atomic mass is 35.5. The summed E-state index contributed by atoms with van der Waals surface area (Å²) >= 11 is 1.67. The molecule has 126 valence electrons. The van der Waals surface area contributed by atoms with Crippen LogP contribution in [-0.2, 0) is 17.6 Å². The molecule has 0 bridgehead atoms. The van der Waals surface area contributed by atoms with Gasteiger partial charge in [-0.15, -0.1) is 23.7 Å². The summed E-state index contributed by atoms with van der Waals surface area (Å²) in [5, 5.41) is 3.77. The molecule has 0 aromatic carbocycles. The second kappa shape index (κ2) is 11.0. The minimum atomic E-state index is 0. The molecule has 1 aliphatic rings. The lowest BCUT2D eigenvalue weighted by atomic mass is 10.0. The summed E-state index contributed by atoms with van der Waals surface area (Å²) in [6, 6.07) is 0. The van der Waals surface area contributed by atoms with Crippen LogP contribution in [-0.4, -0.2) is 17.4 Å². The minimum Gasteiger partial charge on any atom is -0.330 e. The van der Waals surface area contributed by atoms with Gasteiger partial charge in [0.25, 0.3) is 0 Å². The molecule has 1 aromatic rings. The van der Waals surface area contributed by atoms with E-state index in [1.165, 1.54) is 36.3 Å². The standard InChI is InChI=1S/C16H27N3OS.ClH/c17-12-8-4-3-7-11-15(20)19-16-18-13-9-5-1-2-6-10-14(13)21-16;/h1-12,17H2,(H,18,19,20);1H. The van der Waals surface area contributed by atoms with Crippen molar-refractivity contribution in [1.29, 1.82) is 0 Å². The number of carbonyl (C=O) groups is 1. The number of hydrogen-bond acceptors (Lipinski definition) is 4. The van der Waals surface area contributed by atoms with E-state index in [1.54, 1.807) is 11.3 Å². The van der Waals surface area contributed by atoms with E-state index < -0.39 is 0 Å². The molecule has 0 saturated carbocycles. The summed E-state index contributed by atoms with van der Waals surface area (Å²) in [6.07, 6.45) is 12.1. The number of rotatable bonds is 7. The van der Waals surface area contributed by atoms with Crippen molar-refractivity contribution in [2.75, 3.05) is 11.9 Å². The second-order valence-electron chi connectivity index (χ2n) is 5.80. The Labute approximate surface area is 143 Å². The number of amides is 1. The van der Waals surface area contributed by atoms with Crippen LogP contribution in [0, 0.1) is 0 Å². The van der Waals surface area contributed by atoms with Crippen molar-refractivity contribution in [3.05, 3.63) is 10.6 Å². The summed E-state index contributed by atoms with van der Waals surface area (Å²) in [5.74, 6) is 0.101. The summed E-state index contributed by atoms with van der Waals surface area (Å²) in [4.78, 5) is 17.9. The summed E-state index contributed by atoms with van der Waals surface area (Å²) in [6.45, 7) is 0.747. The fourth-order valence-corrected chi connectivity index (χ4v) is 3.79. The van der Waals surface area contributed by atoms with E-state index >= 15 is 0 Å². The molecule has 1 heterocycles. The Balaban J connectivity index is 0.00000242. The van der Waals surface area contributed by atoms with E-state index in [4.69, 9.17) is 5.73 Å². The normalized spacial score (nSPS) is 14.4. The van der Waals surface area contributed by atoms with Gasteiger partial charge in [-0.25, -0.2) is 4.98 Å². The van der Waals surface area contributed by atoms with Crippen molar-refractivity contribution in [2.24, 2.45) is 5.73 Å². The van der Waals surface area contributed by atoms with Gasteiger partial charge in [0.05, 0.1) is 5.69 Å². The van der Waals surface area contributed by atoms with E-state index in [2.05, 4.69) is 10.3 Å². The molecule has 3 N–H and O–H groups in total. The number of nitrogens with one attached hydrogen (secondary N) is 1. The molecular formula is C16H28ClN3OS. The zero-order valence-corrected chi connectivity index (χ0v) is 14.9. The van der Waals surface area contributed by atoms with Gasteiger partial charge < -0.3 is 11.1 Å². The lowest BCUT2D eigenvalue weighted by molar-refractivity contribution is -0.116. The Morgan fingerprint density at radius 1 is 1.09 bits per heavy atom. The monoisotopic (exact) mass is 345 g/mol. The van der Waals surface area contributed by atoms with Crippen LogP contribution in [0.2, 0.25) is 0 Å². The Hall–Kier alpha value is -0.650. The van der Waals surface area contributed by atoms with Crippen LogP contribution in [0.15, 0.2) is 0 Å². The lowest BCUT2D eigenvalue weighted by Crippen LogP contribution is -2.11. The largest absolute Gasteiger partial charge is 0.330 e. The summed E-state index contributed by atoms with van der Waals surface area (Å²) in [5.41, 5.74) is 6.68. The third-order valence-corrected chi connectivity index (χ3v) is 5.02. The van der Waals surface area contributed by atoms with Crippen molar-refractivity contribution >= 4 is 34.8 Å². The zero-order valence-electron chi connectivity index (χ0n) is 13.2. The maximum Gasteiger partial charge on any atom is 0.226 e. The molecule has 6 heteroatoms. The fourth-order valence-electron chi connectivity index (χ4n) is 2.72. The van der Waals surface area contributed by atoms with Gasteiger partial charge in [0.1, 0.15) is 0 Å². The first-order chi connectivity index (χ1) is 10.3. The number of aromatic nitrogens is 1. The van der Waals surface area contributed by atoms with Crippen LogP contribution in [0.25, 0.3) is 0 Å².